The minimum Gasteiger partial charge on any atom is -0.303 e. The van der Waals surface area contributed by atoms with Crippen molar-refractivity contribution in [2.75, 3.05) is 5.88 Å². The molecule has 0 radical (unpaired) electrons. The monoisotopic (exact) mass is 202 g/mol. The van der Waals surface area contributed by atoms with Crippen LogP contribution in [0.1, 0.15) is 20.3 Å². The van der Waals surface area contributed by atoms with E-state index in [1.807, 2.05) is 0 Å². The van der Waals surface area contributed by atoms with E-state index in [0.717, 1.165) is 0 Å². The summed E-state index contributed by atoms with van der Waals surface area (Å²) < 4.78 is 14.8. The topological polar surface area (TPSA) is 66.8 Å². The van der Waals surface area contributed by atoms with Gasteiger partial charge >= 0.3 is 7.82 Å². The smallest absolute Gasteiger partial charge is 0.303 e. The lowest BCUT2D eigenvalue weighted by Crippen LogP contribution is -2.23. The number of halogens is 1. The lowest BCUT2D eigenvalue weighted by molar-refractivity contribution is 0.0629. The maximum atomic E-state index is 10.4. The first-order chi connectivity index (χ1) is 4.77. The predicted octanol–water partition coefficient (Wildman–Crippen LogP) is 1.50. The van der Waals surface area contributed by atoms with Crippen molar-refractivity contribution in [1.82, 2.24) is 0 Å². The molecule has 0 fully saturated rings. The largest absolute Gasteiger partial charge is 0.470 e. The maximum absolute atomic E-state index is 10.4. The van der Waals surface area contributed by atoms with Crippen LogP contribution in [0.3, 0.4) is 0 Å². The summed E-state index contributed by atoms with van der Waals surface area (Å²) in [6, 6.07) is 0. The first-order valence-electron chi connectivity index (χ1n) is 3.09. The van der Waals surface area contributed by atoms with E-state index >= 15 is 0 Å². The van der Waals surface area contributed by atoms with Crippen molar-refractivity contribution in [3.63, 3.8) is 0 Å². The summed E-state index contributed by atoms with van der Waals surface area (Å²) in [4.78, 5) is 16.9. The fraction of sp³-hybridized carbons (Fsp3) is 1.00. The van der Waals surface area contributed by atoms with E-state index in [1.54, 1.807) is 13.8 Å². The molecule has 0 heterocycles. The highest BCUT2D eigenvalue weighted by atomic mass is 35.5. The van der Waals surface area contributed by atoms with Gasteiger partial charge < -0.3 is 9.79 Å². The highest BCUT2D eigenvalue weighted by molar-refractivity contribution is 7.46. The van der Waals surface area contributed by atoms with Crippen molar-refractivity contribution in [2.24, 2.45) is 0 Å². The third-order valence-corrected chi connectivity index (χ3v) is 1.98. The van der Waals surface area contributed by atoms with Gasteiger partial charge in [0.05, 0.1) is 5.60 Å². The molecule has 11 heavy (non-hydrogen) atoms. The second-order valence-electron chi connectivity index (χ2n) is 2.78. The quantitative estimate of drug-likeness (QED) is 0.536. The van der Waals surface area contributed by atoms with Crippen LogP contribution in [-0.4, -0.2) is 21.3 Å². The Morgan fingerprint density at radius 2 is 2.00 bits per heavy atom. The summed E-state index contributed by atoms with van der Waals surface area (Å²) in [6.07, 6.45) is 0.402. The van der Waals surface area contributed by atoms with E-state index in [4.69, 9.17) is 21.4 Å². The average Bonchev–Trinajstić information content (AvgIpc) is 1.55. The molecule has 0 rings (SSSR count). The van der Waals surface area contributed by atoms with E-state index in [-0.39, 0.29) is 0 Å². The van der Waals surface area contributed by atoms with Crippen LogP contribution in [0, 0.1) is 0 Å². The Morgan fingerprint density at radius 1 is 1.55 bits per heavy atom. The van der Waals surface area contributed by atoms with Crippen LogP contribution in [0.15, 0.2) is 0 Å². The molecular formula is C5H12ClO4P. The van der Waals surface area contributed by atoms with Gasteiger partial charge in [-0.1, -0.05) is 0 Å². The van der Waals surface area contributed by atoms with Gasteiger partial charge in [0.15, 0.2) is 0 Å². The summed E-state index contributed by atoms with van der Waals surface area (Å²) in [5, 5.41) is 0. The third kappa shape index (κ3) is 6.78. The molecule has 68 valence electrons. The van der Waals surface area contributed by atoms with Crippen molar-refractivity contribution in [2.45, 2.75) is 25.9 Å². The van der Waals surface area contributed by atoms with Gasteiger partial charge in [-0.3, -0.25) is 4.52 Å². The molecule has 0 saturated heterocycles. The van der Waals surface area contributed by atoms with Crippen LogP contribution in [0.2, 0.25) is 0 Å². The normalized spacial score (nSPS) is 13.5. The molecule has 0 aromatic rings. The molecule has 4 nitrogen and oxygen atoms in total. The second kappa shape index (κ2) is 3.87. The molecule has 0 amide bonds. The Bertz CT molecular complexity index is 164. The van der Waals surface area contributed by atoms with E-state index in [1.165, 1.54) is 0 Å². The first kappa shape index (κ1) is 11.4. The summed E-state index contributed by atoms with van der Waals surface area (Å²) >= 11 is 5.38. The Balaban J connectivity index is 4.02. The van der Waals surface area contributed by atoms with Gasteiger partial charge in [0.1, 0.15) is 0 Å². The van der Waals surface area contributed by atoms with Crippen LogP contribution in [0.4, 0.5) is 0 Å². The second-order valence-corrected chi connectivity index (χ2v) is 4.32. The fourth-order valence-corrected chi connectivity index (χ4v) is 1.79. The molecule has 0 bridgehead atoms. The van der Waals surface area contributed by atoms with Crippen molar-refractivity contribution in [3.8, 4) is 0 Å². The van der Waals surface area contributed by atoms with Crippen molar-refractivity contribution in [3.05, 3.63) is 0 Å². The van der Waals surface area contributed by atoms with E-state index in [0.29, 0.717) is 12.3 Å². The third-order valence-electron chi connectivity index (χ3n) is 1.06. The van der Waals surface area contributed by atoms with Gasteiger partial charge in [-0.15, -0.1) is 11.6 Å². The fourth-order valence-electron chi connectivity index (χ4n) is 0.595. The zero-order valence-corrected chi connectivity index (χ0v) is 8.10. The minimum absolute atomic E-state index is 0.312. The molecule has 0 aromatic heterocycles. The Kier molecular flexibility index (Phi) is 4.02. The lowest BCUT2D eigenvalue weighted by Gasteiger charge is -2.23. The van der Waals surface area contributed by atoms with Gasteiger partial charge in [0.2, 0.25) is 0 Å². The average molecular weight is 203 g/mol. The van der Waals surface area contributed by atoms with Crippen LogP contribution >= 0.6 is 19.4 Å². The highest BCUT2D eigenvalue weighted by Gasteiger charge is 2.28. The van der Waals surface area contributed by atoms with Gasteiger partial charge in [0.25, 0.3) is 0 Å². The van der Waals surface area contributed by atoms with Crippen molar-refractivity contribution < 1.29 is 18.9 Å². The standard InChI is InChI=1S/C5H12ClO4P/c1-5(2,3-4-6)10-11(7,8)9/h3-4H2,1-2H3,(H2,7,8,9). The van der Waals surface area contributed by atoms with Crippen molar-refractivity contribution in [1.29, 1.82) is 0 Å². The Morgan fingerprint density at radius 3 is 2.27 bits per heavy atom. The SMILES string of the molecule is CC(C)(CCCl)OP(=O)(O)O. The van der Waals surface area contributed by atoms with E-state index in [9.17, 15) is 4.57 Å². The Labute approximate surface area is 70.8 Å². The number of phosphoric acid groups is 1. The summed E-state index contributed by atoms with van der Waals surface area (Å²) in [7, 11) is -4.38. The van der Waals surface area contributed by atoms with E-state index in [2.05, 4.69) is 4.52 Å². The zero-order chi connectivity index (χ0) is 9.12. The maximum Gasteiger partial charge on any atom is 0.470 e. The summed E-state index contributed by atoms with van der Waals surface area (Å²) in [5.41, 5.74) is -0.860. The Hall–Kier alpha value is 0.400. The van der Waals surface area contributed by atoms with Crippen LogP contribution in [0.25, 0.3) is 0 Å². The van der Waals surface area contributed by atoms with Crippen LogP contribution < -0.4 is 0 Å². The summed E-state index contributed by atoms with van der Waals surface area (Å²) in [6.45, 7) is 3.16. The molecule has 0 aromatic carbocycles. The molecule has 2 N–H and O–H groups in total. The number of hydrogen-bond donors (Lipinski definition) is 2. The molecule has 6 heteroatoms. The van der Waals surface area contributed by atoms with E-state index < -0.39 is 13.4 Å². The predicted molar refractivity (Wildman–Crippen MR) is 42.5 cm³/mol. The molecule has 0 spiro atoms. The van der Waals surface area contributed by atoms with Crippen LogP contribution in [0.5, 0.6) is 0 Å². The molecule has 0 unspecified atom stereocenters. The molecule has 0 saturated carbocycles. The van der Waals surface area contributed by atoms with Gasteiger partial charge in [-0.2, -0.15) is 0 Å². The number of alkyl halides is 1. The number of hydrogen-bond acceptors (Lipinski definition) is 2. The van der Waals surface area contributed by atoms with Gasteiger partial charge in [-0.05, 0) is 20.3 Å². The molecule has 0 atom stereocenters. The lowest BCUT2D eigenvalue weighted by atomic mass is 10.1. The number of rotatable bonds is 4. The zero-order valence-electron chi connectivity index (χ0n) is 6.45. The van der Waals surface area contributed by atoms with Gasteiger partial charge in [0, 0.05) is 5.88 Å². The first-order valence-corrected chi connectivity index (χ1v) is 5.15. The molecular weight excluding hydrogens is 190 g/mol. The minimum atomic E-state index is -4.38. The van der Waals surface area contributed by atoms with Crippen molar-refractivity contribution >= 4 is 19.4 Å². The molecule has 0 aliphatic carbocycles. The molecule has 0 aliphatic rings. The summed E-state index contributed by atoms with van der Waals surface area (Å²) in [5.74, 6) is 0.312. The highest BCUT2D eigenvalue weighted by Crippen LogP contribution is 2.42. The van der Waals surface area contributed by atoms with Crippen LogP contribution in [-0.2, 0) is 9.09 Å². The van der Waals surface area contributed by atoms with Gasteiger partial charge in [-0.25, -0.2) is 4.57 Å². The number of phosphoric ester groups is 1. The molecule has 0 aliphatic heterocycles.